The van der Waals surface area contributed by atoms with Crippen molar-refractivity contribution < 1.29 is 17.9 Å². The lowest BCUT2D eigenvalue weighted by Gasteiger charge is -2.30. The summed E-state index contributed by atoms with van der Waals surface area (Å²) in [6.07, 6.45) is 2.13. The summed E-state index contributed by atoms with van der Waals surface area (Å²) in [7, 11) is -4.03. The fourth-order valence-electron chi connectivity index (χ4n) is 4.39. The smallest absolute Gasteiger partial charge is 0.261 e. The molecule has 0 aliphatic heterocycles. The van der Waals surface area contributed by atoms with Gasteiger partial charge in [-0.05, 0) is 85.8 Å². The predicted molar refractivity (Wildman–Crippen MR) is 159 cm³/mol. The fourth-order valence-corrected chi connectivity index (χ4v) is 5.82. The number of carbonyl (C=O) groups excluding carboxylic acids is 1. The van der Waals surface area contributed by atoms with Gasteiger partial charge in [-0.3, -0.25) is 9.52 Å². The number of hydrogen-bond donors (Lipinski definition) is 1. The Balaban J connectivity index is 1.40. The molecule has 0 unspecified atom stereocenters. The van der Waals surface area contributed by atoms with Gasteiger partial charge in [0, 0.05) is 11.6 Å². The Morgan fingerprint density at radius 3 is 2.30 bits per heavy atom. The van der Waals surface area contributed by atoms with Gasteiger partial charge in [-0.25, -0.2) is 8.42 Å². The van der Waals surface area contributed by atoms with Crippen molar-refractivity contribution in [3.05, 3.63) is 118 Å². The van der Waals surface area contributed by atoms with E-state index >= 15 is 0 Å². The summed E-state index contributed by atoms with van der Waals surface area (Å²) in [4.78, 5) is 15.8. The largest absolute Gasteiger partial charge is 0.456 e. The van der Waals surface area contributed by atoms with Crippen LogP contribution in [0.5, 0.6) is 11.5 Å². The minimum Gasteiger partial charge on any atom is -0.456 e. The third-order valence-corrected chi connectivity index (χ3v) is 8.75. The van der Waals surface area contributed by atoms with Gasteiger partial charge in [0.25, 0.3) is 15.9 Å². The van der Waals surface area contributed by atoms with Crippen LogP contribution >= 0.6 is 23.2 Å². The summed E-state index contributed by atoms with van der Waals surface area (Å²) in [5.41, 5.74) is 1.35. The first kappa shape index (κ1) is 28.0. The molecule has 5 rings (SSSR count). The molecule has 4 aromatic carbocycles. The van der Waals surface area contributed by atoms with Crippen molar-refractivity contribution in [3.8, 4) is 11.5 Å². The lowest BCUT2D eigenvalue weighted by molar-refractivity contribution is 0.0681. The maximum Gasteiger partial charge on any atom is 0.261 e. The zero-order chi connectivity index (χ0) is 28.3. The first-order valence-electron chi connectivity index (χ1n) is 12.9. The normalized spacial score (nSPS) is 13.9. The monoisotopic (exact) mass is 594 g/mol. The molecule has 1 saturated carbocycles. The number of hydrogen-bond acceptors (Lipinski definition) is 4. The molecule has 0 saturated heterocycles. The minimum absolute atomic E-state index is 0.0137. The molecule has 0 radical (unpaired) electrons. The third kappa shape index (κ3) is 6.61. The fraction of sp³-hybridized carbons (Fsp3) is 0.194. The summed E-state index contributed by atoms with van der Waals surface area (Å²) < 4.78 is 35.1. The Hall–Kier alpha value is -3.52. The number of nitrogens with one attached hydrogen (secondary N) is 1. The van der Waals surface area contributed by atoms with Crippen LogP contribution in [-0.4, -0.2) is 25.8 Å². The van der Waals surface area contributed by atoms with E-state index in [1.807, 2.05) is 37.3 Å². The molecule has 1 aliphatic carbocycles. The average molecular weight is 596 g/mol. The van der Waals surface area contributed by atoms with Gasteiger partial charge in [0.1, 0.15) is 11.5 Å². The van der Waals surface area contributed by atoms with Crippen LogP contribution in [0.1, 0.15) is 41.7 Å². The third-order valence-electron chi connectivity index (χ3n) is 6.82. The molecule has 9 heteroatoms. The molecule has 0 heterocycles. The molecule has 40 heavy (non-hydrogen) atoms. The molecule has 6 nitrogen and oxygen atoms in total. The Morgan fingerprint density at radius 2 is 1.62 bits per heavy atom. The lowest BCUT2D eigenvalue weighted by Crippen LogP contribution is -2.36. The van der Waals surface area contributed by atoms with Crippen LogP contribution in [0.4, 0.5) is 5.69 Å². The zero-order valence-corrected chi connectivity index (χ0v) is 24.1. The molecule has 1 amide bonds. The second-order valence-electron chi connectivity index (χ2n) is 9.79. The van der Waals surface area contributed by atoms with Crippen molar-refractivity contribution in [3.63, 3.8) is 0 Å². The number of anilines is 1. The number of nitrogens with zero attached hydrogens (tertiary/aromatic N) is 1. The molecule has 4 aromatic rings. The van der Waals surface area contributed by atoms with Crippen LogP contribution in [-0.2, 0) is 10.0 Å². The average Bonchev–Trinajstić information content (AvgIpc) is 3.78. The summed E-state index contributed by atoms with van der Waals surface area (Å²) in [5, 5.41) is 0.782. The van der Waals surface area contributed by atoms with Crippen LogP contribution in [0.15, 0.2) is 102 Å². The standard InChI is InChI=1S/C31H28Cl2N2O4S/c1-21(23-7-3-2-4-8-23)35(20-22-11-12-22)31(36)27-19-24(32)13-18-29(27)34-40(37,38)26-16-14-25(15-17-26)39-30-10-6-5-9-28(30)33/h2-10,13-19,21-22,34H,11-12,20H2,1H3/t21-/m0/s1. The minimum atomic E-state index is -4.03. The molecule has 1 fully saturated rings. The number of rotatable bonds is 10. The van der Waals surface area contributed by atoms with E-state index in [1.54, 1.807) is 47.4 Å². The van der Waals surface area contributed by atoms with Gasteiger partial charge in [0.15, 0.2) is 0 Å². The summed E-state index contributed by atoms with van der Waals surface area (Å²) in [6, 6.07) is 27.1. The second-order valence-corrected chi connectivity index (χ2v) is 12.3. The summed E-state index contributed by atoms with van der Waals surface area (Å²) in [6.45, 7) is 2.57. The maximum atomic E-state index is 14.0. The number of para-hydroxylation sites is 1. The Kier molecular flexibility index (Phi) is 8.35. The maximum absolute atomic E-state index is 14.0. The Morgan fingerprint density at radius 1 is 0.950 bits per heavy atom. The van der Waals surface area contributed by atoms with Gasteiger partial charge in [-0.1, -0.05) is 65.7 Å². The van der Waals surface area contributed by atoms with E-state index in [-0.39, 0.29) is 28.1 Å². The van der Waals surface area contributed by atoms with E-state index in [0.717, 1.165) is 18.4 Å². The van der Waals surface area contributed by atoms with Crippen LogP contribution in [0, 0.1) is 5.92 Å². The quantitative estimate of drug-likeness (QED) is 0.201. The van der Waals surface area contributed by atoms with Gasteiger partial charge >= 0.3 is 0 Å². The van der Waals surface area contributed by atoms with Crippen LogP contribution in [0.2, 0.25) is 10.0 Å². The molecular formula is C31H28Cl2N2O4S. The van der Waals surface area contributed by atoms with Crippen molar-refractivity contribution in [1.29, 1.82) is 0 Å². The second kappa shape index (κ2) is 11.9. The van der Waals surface area contributed by atoms with Crippen LogP contribution < -0.4 is 9.46 Å². The van der Waals surface area contributed by atoms with Gasteiger partial charge in [-0.15, -0.1) is 0 Å². The van der Waals surface area contributed by atoms with E-state index in [0.29, 0.717) is 34.0 Å². The molecule has 0 bridgehead atoms. The molecule has 206 valence electrons. The van der Waals surface area contributed by atoms with Crippen LogP contribution in [0.25, 0.3) is 0 Å². The highest BCUT2D eigenvalue weighted by atomic mass is 35.5. The highest BCUT2D eigenvalue weighted by Gasteiger charge is 2.32. The van der Waals surface area contributed by atoms with E-state index < -0.39 is 10.0 Å². The Bertz CT molecular complexity index is 1610. The van der Waals surface area contributed by atoms with Crippen molar-refractivity contribution in [2.75, 3.05) is 11.3 Å². The van der Waals surface area contributed by atoms with Gasteiger partial charge in [-0.2, -0.15) is 0 Å². The van der Waals surface area contributed by atoms with Gasteiger partial charge in [0.2, 0.25) is 0 Å². The van der Waals surface area contributed by atoms with E-state index in [1.165, 1.54) is 24.3 Å². The van der Waals surface area contributed by atoms with Crippen molar-refractivity contribution in [2.45, 2.75) is 30.7 Å². The molecule has 0 spiro atoms. The number of carbonyl (C=O) groups is 1. The van der Waals surface area contributed by atoms with E-state index in [4.69, 9.17) is 27.9 Å². The van der Waals surface area contributed by atoms with Crippen LogP contribution in [0.3, 0.4) is 0 Å². The van der Waals surface area contributed by atoms with Crippen molar-refractivity contribution in [1.82, 2.24) is 4.90 Å². The molecule has 1 aliphatic rings. The zero-order valence-electron chi connectivity index (χ0n) is 21.8. The van der Waals surface area contributed by atoms with E-state index in [2.05, 4.69) is 4.72 Å². The van der Waals surface area contributed by atoms with E-state index in [9.17, 15) is 13.2 Å². The highest BCUT2D eigenvalue weighted by Crippen LogP contribution is 2.35. The predicted octanol–water partition coefficient (Wildman–Crippen LogP) is 8.20. The lowest BCUT2D eigenvalue weighted by atomic mass is 10.0. The first-order chi connectivity index (χ1) is 19.2. The number of halogens is 2. The SMILES string of the molecule is C[C@@H](c1ccccc1)N(CC1CC1)C(=O)c1cc(Cl)ccc1NS(=O)(=O)c1ccc(Oc2ccccc2Cl)cc1. The van der Waals surface area contributed by atoms with Crippen molar-refractivity contribution in [2.24, 2.45) is 5.92 Å². The number of ether oxygens (including phenoxy) is 1. The van der Waals surface area contributed by atoms with Gasteiger partial charge < -0.3 is 9.64 Å². The van der Waals surface area contributed by atoms with Gasteiger partial charge in [0.05, 0.1) is 27.2 Å². The number of benzene rings is 4. The topological polar surface area (TPSA) is 75.7 Å². The Labute approximate surface area is 244 Å². The summed E-state index contributed by atoms with van der Waals surface area (Å²) in [5.74, 6) is 1.04. The molecule has 0 aromatic heterocycles. The number of amides is 1. The molecular weight excluding hydrogens is 567 g/mol. The highest BCUT2D eigenvalue weighted by molar-refractivity contribution is 7.92. The molecule has 1 N–H and O–H groups in total. The van der Waals surface area contributed by atoms with Crippen molar-refractivity contribution >= 4 is 44.8 Å². The first-order valence-corrected chi connectivity index (χ1v) is 15.2. The number of sulfonamides is 1. The molecule has 1 atom stereocenters. The summed E-state index contributed by atoms with van der Waals surface area (Å²) >= 11 is 12.4.